The number of likely N-dealkylation sites (tertiary alicyclic amines) is 1. The van der Waals surface area contributed by atoms with E-state index in [2.05, 4.69) is 4.90 Å². The summed E-state index contributed by atoms with van der Waals surface area (Å²) in [6.07, 6.45) is 6.09. The van der Waals surface area contributed by atoms with Crippen molar-refractivity contribution >= 4 is 5.97 Å². The second-order valence-corrected chi connectivity index (χ2v) is 4.97. The first-order valence-electron chi connectivity index (χ1n) is 6.28. The second-order valence-electron chi connectivity index (χ2n) is 4.97. The standard InChI is InChI=1S/C12H21NO3/c14-11(15)3-7-13-8-5-12(6-9-13)4-1-2-10-16-12/h1-10H2,(H,14,15). The Morgan fingerprint density at radius 3 is 2.56 bits per heavy atom. The van der Waals surface area contributed by atoms with Gasteiger partial charge in [-0.3, -0.25) is 4.79 Å². The molecule has 0 aliphatic carbocycles. The van der Waals surface area contributed by atoms with Crippen molar-refractivity contribution in [3.63, 3.8) is 0 Å². The van der Waals surface area contributed by atoms with E-state index in [1.807, 2.05) is 0 Å². The molecule has 1 N–H and O–H groups in total. The molecule has 0 aromatic rings. The topological polar surface area (TPSA) is 49.8 Å². The van der Waals surface area contributed by atoms with Gasteiger partial charge in [-0.2, -0.15) is 0 Å². The summed E-state index contributed by atoms with van der Waals surface area (Å²) in [7, 11) is 0. The van der Waals surface area contributed by atoms with Crippen LogP contribution in [0.2, 0.25) is 0 Å². The molecule has 2 saturated heterocycles. The molecule has 4 heteroatoms. The average Bonchev–Trinajstić information content (AvgIpc) is 2.29. The highest BCUT2D eigenvalue weighted by Gasteiger charge is 2.36. The highest BCUT2D eigenvalue weighted by Crippen LogP contribution is 2.34. The fourth-order valence-corrected chi connectivity index (χ4v) is 2.74. The molecular formula is C12H21NO3. The smallest absolute Gasteiger partial charge is 0.304 e. The summed E-state index contributed by atoms with van der Waals surface area (Å²) in [6.45, 7) is 3.58. The van der Waals surface area contributed by atoms with Crippen molar-refractivity contribution in [1.29, 1.82) is 0 Å². The third-order valence-corrected chi connectivity index (χ3v) is 3.84. The zero-order chi connectivity index (χ0) is 11.4. The Bertz CT molecular complexity index is 239. The van der Waals surface area contributed by atoms with Gasteiger partial charge in [-0.25, -0.2) is 0 Å². The molecule has 2 aliphatic heterocycles. The summed E-state index contributed by atoms with van der Waals surface area (Å²) in [4.78, 5) is 12.7. The zero-order valence-electron chi connectivity index (χ0n) is 9.78. The third kappa shape index (κ3) is 2.95. The van der Waals surface area contributed by atoms with Crippen molar-refractivity contribution < 1.29 is 14.6 Å². The number of rotatable bonds is 3. The van der Waals surface area contributed by atoms with Crippen LogP contribution in [0.25, 0.3) is 0 Å². The molecule has 0 atom stereocenters. The van der Waals surface area contributed by atoms with Crippen LogP contribution in [-0.4, -0.2) is 47.8 Å². The SMILES string of the molecule is O=C(O)CCN1CCC2(CCCCO2)CC1. The van der Waals surface area contributed by atoms with Gasteiger partial charge in [0.2, 0.25) is 0 Å². The first-order chi connectivity index (χ1) is 7.70. The fraction of sp³-hybridized carbons (Fsp3) is 0.917. The quantitative estimate of drug-likeness (QED) is 0.793. The van der Waals surface area contributed by atoms with Crippen molar-refractivity contribution in [2.24, 2.45) is 0 Å². The van der Waals surface area contributed by atoms with Crippen molar-refractivity contribution in [1.82, 2.24) is 4.90 Å². The predicted molar refractivity (Wildman–Crippen MR) is 60.5 cm³/mol. The van der Waals surface area contributed by atoms with E-state index in [0.29, 0.717) is 6.54 Å². The maximum atomic E-state index is 10.5. The van der Waals surface area contributed by atoms with Crippen molar-refractivity contribution in [2.45, 2.75) is 44.1 Å². The average molecular weight is 227 g/mol. The lowest BCUT2D eigenvalue weighted by atomic mass is 9.84. The van der Waals surface area contributed by atoms with E-state index in [1.54, 1.807) is 0 Å². The number of piperidine rings is 1. The van der Waals surface area contributed by atoms with Gasteiger partial charge in [-0.15, -0.1) is 0 Å². The number of carbonyl (C=O) groups is 1. The van der Waals surface area contributed by atoms with Gasteiger partial charge in [0, 0.05) is 26.2 Å². The van der Waals surface area contributed by atoms with Crippen molar-refractivity contribution in [3.05, 3.63) is 0 Å². The largest absolute Gasteiger partial charge is 0.481 e. The molecule has 92 valence electrons. The number of carboxylic acids is 1. The lowest BCUT2D eigenvalue weighted by molar-refractivity contribution is -0.138. The maximum absolute atomic E-state index is 10.5. The van der Waals surface area contributed by atoms with Crippen LogP contribution in [-0.2, 0) is 9.53 Å². The molecule has 2 rings (SSSR count). The highest BCUT2D eigenvalue weighted by molar-refractivity contribution is 5.66. The number of ether oxygens (including phenoxy) is 1. The van der Waals surface area contributed by atoms with E-state index >= 15 is 0 Å². The van der Waals surface area contributed by atoms with Gasteiger partial charge >= 0.3 is 5.97 Å². The van der Waals surface area contributed by atoms with Crippen LogP contribution in [0.5, 0.6) is 0 Å². The Balaban J connectivity index is 1.75. The number of aliphatic carboxylic acids is 1. The Kier molecular flexibility index (Phi) is 3.82. The minimum atomic E-state index is -0.700. The van der Waals surface area contributed by atoms with Gasteiger partial charge < -0.3 is 14.7 Å². The summed E-state index contributed by atoms with van der Waals surface area (Å²) in [5, 5.41) is 8.63. The normalized spacial score (nSPS) is 25.8. The Morgan fingerprint density at radius 2 is 2.00 bits per heavy atom. The third-order valence-electron chi connectivity index (χ3n) is 3.84. The van der Waals surface area contributed by atoms with Gasteiger partial charge in [0.1, 0.15) is 0 Å². The predicted octanol–water partition coefficient (Wildman–Crippen LogP) is 1.50. The number of hydrogen-bond donors (Lipinski definition) is 1. The fourth-order valence-electron chi connectivity index (χ4n) is 2.74. The maximum Gasteiger partial charge on any atom is 0.304 e. The molecule has 0 radical (unpaired) electrons. The minimum Gasteiger partial charge on any atom is -0.481 e. The molecule has 0 aromatic carbocycles. The summed E-state index contributed by atoms with van der Waals surface area (Å²) >= 11 is 0. The van der Waals surface area contributed by atoms with E-state index in [-0.39, 0.29) is 12.0 Å². The minimum absolute atomic E-state index is 0.137. The molecule has 16 heavy (non-hydrogen) atoms. The molecule has 2 fully saturated rings. The van der Waals surface area contributed by atoms with E-state index in [0.717, 1.165) is 32.5 Å². The van der Waals surface area contributed by atoms with Crippen LogP contribution in [0.4, 0.5) is 0 Å². The number of nitrogens with zero attached hydrogens (tertiary/aromatic N) is 1. The second kappa shape index (κ2) is 5.15. The molecule has 2 heterocycles. The first kappa shape index (κ1) is 11.9. The van der Waals surface area contributed by atoms with Crippen LogP contribution in [0.15, 0.2) is 0 Å². The van der Waals surface area contributed by atoms with Crippen LogP contribution in [0, 0.1) is 0 Å². The number of carboxylic acid groups (broad SMARTS) is 1. The van der Waals surface area contributed by atoms with Crippen molar-refractivity contribution in [3.8, 4) is 0 Å². The Labute approximate surface area is 96.6 Å². The lowest BCUT2D eigenvalue weighted by Gasteiger charge is -2.43. The van der Waals surface area contributed by atoms with Gasteiger partial charge in [0.15, 0.2) is 0 Å². The molecule has 1 spiro atoms. The monoisotopic (exact) mass is 227 g/mol. The number of hydrogen-bond acceptors (Lipinski definition) is 3. The highest BCUT2D eigenvalue weighted by atomic mass is 16.5. The lowest BCUT2D eigenvalue weighted by Crippen LogP contribution is -2.48. The Morgan fingerprint density at radius 1 is 1.25 bits per heavy atom. The van der Waals surface area contributed by atoms with E-state index in [9.17, 15) is 4.79 Å². The summed E-state index contributed by atoms with van der Waals surface area (Å²) < 4.78 is 5.94. The first-order valence-corrected chi connectivity index (χ1v) is 6.28. The molecule has 0 saturated carbocycles. The molecule has 2 aliphatic rings. The molecule has 4 nitrogen and oxygen atoms in total. The van der Waals surface area contributed by atoms with Crippen LogP contribution >= 0.6 is 0 Å². The zero-order valence-corrected chi connectivity index (χ0v) is 9.78. The van der Waals surface area contributed by atoms with Gasteiger partial charge in [-0.05, 0) is 32.1 Å². The van der Waals surface area contributed by atoms with Gasteiger partial charge in [0.25, 0.3) is 0 Å². The van der Waals surface area contributed by atoms with Crippen LogP contribution in [0.3, 0.4) is 0 Å². The van der Waals surface area contributed by atoms with Gasteiger partial charge in [-0.1, -0.05) is 0 Å². The summed E-state index contributed by atoms with van der Waals surface area (Å²) in [6, 6.07) is 0. The van der Waals surface area contributed by atoms with Crippen LogP contribution < -0.4 is 0 Å². The van der Waals surface area contributed by atoms with Crippen LogP contribution in [0.1, 0.15) is 38.5 Å². The van der Waals surface area contributed by atoms with E-state index in [1.165, 1.54) is 19.3 Å². The summed E-state index contributed by atoms with van der Waals surface area (Å²) in [5.74, 6) is -0.700. The molecular weight excluding hydrogens is 206 g/mol. The van der Waals surface area contributed by atoms with E-state index in [4.69, 9.17) is 9.84 Å². The molecule has 0 amide bonds. The Hall–Kier alpha value is -0.610. The summed E-state index contributed by atoms with van der Waals surface area (Å²) in [5.41, 5.74) is 0.137. The molecule has 0 aromatic heterocycles. The molecule has 0 bridgehead atoms. The van der Waals surface area contributed by atoms with Crippen molar-refractivity contribution in [2.75, 3.05) is 26.2 Å². The van der Waals surface area contributed by atoms with E-state index < -0.39 is 5.97 Å². The molecule has 0 unspecified atom stereocenters. The van der Waals surface area contributed by atoms with Gasteiger partial charge in [0.05, 0.1) is 12.0 Å².